The third-order valence-electron chi connectivity index (χ3n) is 3.21. The third-order valence-corrected chi connectivity index (χ3v) is 3.21. The number of nitrogens with one attached hydrogen (secondary N) is 3. The van der Waals surface area contributed by atoms with Crippen LogP contribution < -0.4 is 16.0 Å². The molecule has 0 radical (unpaired) electrons. The Morgan fingerprint density at radius 1 is 1.00 bits per heavy atom. The summed E-state index contributed by atoms with van der Waals surface area (Å²) < 4.78 is 0. The van der Waals surface area contributed by atoms with E-state index in [4.69, 9.17) is 5.26 Å². The van der Waals surface area contributed by atoms with Crippen LogP contribution in [0.2, 0.25) is 0 Å². The minimum absolute atomic E-state index is 0.120. The molecule has 0 aliphatic rings. The normalized spacial score (nSPS) is 9.67. The zero-order chi connectivity index (χ0) is 17.4. The van der Waals surface area contributed by atoms with Gasteiger partial charge in [-0.25, -0.2) is 0 Å². The molecule has 2 aromatic rings. The molecule has 3 N–H and O–H groups in total. The number of rotatable bonds is 6. The van der Waals surface area contributed by atoms with Crippen LogP contribution in [0.25, 0.3) is 0 Å². The molecule has 0 bridgehead atoms. The van der Waals surface area contributed by atoms with E-state index in [1.165, 1.54) is 6.92 Å². The van der Waals surface area contributed by atoms with Crippen molar-refractivity contribution in [2.45, 2.75) is 13.3 Å². The van der Waals surface area contributed by atoms with Crippen LogP contribution in [0, 0.1) is 11.3 Å². The number of amides is 2. The molecule has 0 saturated carbocycles. The Morgan fingerprint density at radius 3 is 2.33 bits per heavy atom. The summed E-state index contributed by atoms with van der Waals surface area (Å²) >= 11 is 0. The Morgan fingerprint density at radius 2 is 1.67 bits per heavy atom. The molecule has 2 amide bonds. The minimum Gasteiger partial charge on any atom is -0.385 e. The number of para-hydroxylation sites is 1. The van der Waals surface area contributed by atoms with Gasteiger partial charge in [-0.2, -0.15) is 5.26 Å². The number of hydrogen-bond donors (Lipinski definition) is 3. The molecule has 2 rings (SSSR count). The number of benzene rings is 2. The Labute approximate surface area is 140 Å². The van der Waals surface area contributed by atoms with Crippen molar-refractivity contribution in [3.05, 3.63) is 54.1 Å². The van der Waals surface area contributed by atoms with Gasteiger partial charge in [-0.15, -0.1) is 0 Å². The summed E-state index contributed by atoms with van der Waals surface area (Å²) in [6, 6.07) is 16.1. The standard InChI is InChI=1S/C18H18N4O2/c1-13(23)21-16-8-6-15(7-9-16)20-11-10-18(24)22-17-5-3-2-4-14(17)12-19/h2-9,20H,10-11H2,1H3,(H,21,23)(H,22,24). The first kappa shape index (κ1) is 17.0. The van der Waals surface area contributed by atoms with Gasteiger partial charge < -0.3 is 16.0 Å². The maximum atomic E-state index is 11.9. The Hall–Kier alpha value is -3.33. The van der Waals surface area contributed by atoms with Crippen molar-refractivity contribution in [2.75, 3.05) is 22.5 Å². The first-order chi connectivity index (χ1) is 11.6. The molecule has 0 spiro atoms. The van der Waals surface area contributed by atoms with Gasteiger partial charge in [0.15, 0.2) is 0 Å². The van der Waals surface area contributed by atoms with Crippen LogP contribution in [0.5, 0.6) is 0 Å². The second-order valence-corrected chi connectivity index (χ2v) is 5.14. The van der Waals surface area contributed by atoms with Crippen molar-refractivity contribution in [3.63, 3.8) is 0 Å². The first-order valence-corrected chi connectivity index (χ1v) is 7.49. The Bertz CT molecular complexity index is 763. The van der Waals surface area contributed by atoms with E-state index in [0.717, 1.165) is 11.4 Å². The quantitative estimate of drug-likeness (QED) is 0.762. The zero-order valence-electron chi connectivity index (χ0n) is 13.3. The van der Waals surface area contributed by atoms with Crippen molar-refractivity contribution in [1.82, 2.24) is 0 Å². The van der Waals surface area contributed by atoms with Crippen LogP contribution in [0.15, 0.2) is 48.5 Å². The highest BCUT2D eigenvalue weighted by Crippen LogP contribution is 2.15. The highest BCUT2D eigenvalue weighted by Gasteiger charge is 2.06. The van der Waals surface area contributed by atoms with Crippen molar-refractivity contribution in [1.29, 1.82) is 5.26 Å². The molecule has 0 aliphatic heterocycles. The smallest absolute Gasteiger partial charge is 0.226 e. The molecule has 0 atom stereocenters. The van der Waals surface area contributed by atoms with Gasteiger partial charge >= 0.3 is 0 Å². The summed E-state index contributed by atoms with van der Waals surface area (Å²) in [6.07, 6.45) is 0.271. The van der Waals surface area contributed by atoms with E-state index in [-0.39, 0.29) is 18.2 Å². The van der Waals surface area contributed by atoms with Gasteiger partial charge in [0.25, 0.3) is 0 Å². The van der Waals surface area contributed by atoms with Crippen LogP contribution in [-0.2, 0) is 9.59 Å². The lowest BCUT2D eigenvalue weighted by Gasteiger charge is -2.09. The third kappa shape index (κ3) is 5.14. The molecule has 2 aromatic carbocycles. The van der Waals surface area contributed by atoms with Gasteiger partial charge in [0.05, 0.1) is 11.3 Å². The fraction of sp³-hybridized carbons (Fsp3) is 0.167. The number of hydrogen-bond acceptors (Lipinski definition) is 4. The van der Waals surface area contributed by atoms with Crippen molar-refractivity contribution in [3.8, 4) is 6.07 Å². The summed E-state index contributed by atoms with van der Waals surface area (Å²) in [5.74, 6) is -0.287. The molecular weight excluding hydrogens is 304 g/mol. The Balaban J connectivity index is 1.80. The summed E-state index contributed by atoms with van der Waals surface area (Å²) in [6.45, 7) is 1.91. The van der Waals surface area contributed by atoms with Gasteiger partial charge in [-0.05, 0) is 36.4 Å². The summed E-state index contributed by atoms with van der Waals surface area (Å²) in [7, 11) is 0. The Kier molecular flexibility index (Phi) is 5.92. The number of carbonyl (C=O) groups excluding carboxylic acids is 2. The molecule has 122 valence electrons. The van der Waals surface area contributed by atoms with Crippen LogP contribution >= 0.6 is 0 Å². The van der Waals surface area contributed by atoms with E-state index in [0.29, 0.717) is 17.8 Å². The van der Waals surface area contributed by atoms with Crippen molar-refractivity contribution in [2.24, 2.45) is 0 Å². The highest BCUT2D eigenvalue weighted by atomic mass is 16.2. The average molecular weight is 322 g/mol. The predicted molar refractivity (Wildman–Crippen MR) is 93.6 cm³/mol. The van der Waals surface area contributed by atoms with E-state index in [2.05, 4.69) is 16.0 Å². The monoisotopic (exact) mass is 322 g/mol. The summed E-state index contributed by atoms with van der Waals surface area (Å²) in [4.78, 5) is 22.9. The lowest BCUT2D eigenvalue weighted by Crippen LogP contribution is -2.16. The average Bonchev–Trinajstić information content (AvgIpc) is 2.56. The van der Waals surface area contributed by atoms with Crippen LogP contribution in [0.1, 0.15) is 18.9 Å². The van der Waals surface area contributed by atoms with E-state index in [1.54, 1.807) is 36.4 Å². The van der Waals surface area contributed by atoms with E-state index < -0.39 is 0 Å². The minimum atomic E-state index is -0.167. The molecule has 6 heteroatoms. The number of nitriles is 1. The molecule has 24 heavy (non-hydrogen) atoms. The van der Waals surface area contributed by atoms with Crippen LogP contribution in [0.4, 0.5) is 17.1 Å². The number of carbonyl (C=O) groups is 2. The molecule has 0 aromatic heterocycles. The largest absolute Gasteiger partial charge is 0.385 e. The zero-order valence-corrected chi connectivity index (χ0v) is 13.3. The van der Waals surface area contributed by atoms with Crippen molar-refractivity contribution >= 4 is 28.9 Å². The topological polar surface area (TPSA) is 94.0 Å². The summed E-state index contributed by atoms with van der Waals surface area (Å²) in [5, 5.41) is 17.5. The fourth-order valence-electron chi connectivity index (χ4n) is 2.10. The highest BCUT2D eigenvalue weighted by molar-refractivity contribution is 5.92. The van der Waals surface area contributed by atoms with Gasteiger partial charge in [-0.3, -0.25) is 9.59 Å². The van der Waals surface area contributed by atoms with Crippen LogP contribution in [0.3, 0.4) is 0 Å². The SMILES string of the molecule is CC(=O)Nc1ccc(NCCC(=O)Nc2ccccc2C#N)cc1. The van der Waals surface area contributed by atoms with Crippen LogP contribution in [-0.4, -0.2) is 18.4 Å². The van der Waals surface area contributed by atoms with Crippen molar-refractivity contribution < 1.29 is 9.59 Å². The van der Waals surface area contributed by atoms with Gasteiger partial charge in [0.1, 0.15) is 6.07 Å². The molecule has 0 saturated heterocycles. The maximum Gasteiger partial charge on any atom is 0.226 e. The summed E-state index contributed by atoms with van der Waals surface area (Å²) in [5.41, 5.74) is 2.53. The molecule has 0 aliphatic carbocycles. The molecule has 0 fully saturated rings. The second-order valence-electron chi connectivity index (χ2n) is 5.14. The fourth-order valence-corrected chi connectivity index (χ4v) is 2.10. The lowest BCUT2D eigenvalue weighted by atomic mass is 10.2. The molecule has 6 nitrogen and oxygen atoms in total. The molecule has 0 unspecified atom stereocenters. The van der Waals surface area contributed by atoms with Gasteiger partial charge in [0.2, 0.25) is 11.8 Å². The van der Waals surface area contributed by atoms with E-state index in [1.807, 2.05) is 18.2 Å². The van der Waals surface area contributed by atoms with E-state index in [9.17, 15) is 9.59 Å². The predicted octanol–water partition coefficient (Wildman–Crippen LogP) is 2.96. The van der Waals surface area contributed by atoms with Gasteiger partial charge in [0, 0.05) is 31.3 Å². The second kappa shape index (κ2) is 8.34. The van der Waals surface area contributed by atoms with Gasteiger partial charge in [-0.1, -0.05) is 12.1 Å². The number of anilines is 3. The lowest BCUT2D eigenvalue weighted by molar-refractivity contribution is -0.116. The first-order valence-electron chi connectivity index (χ1n) is 7.49. The van der Waals surface area contributed by atoms with E-state index >= 15 is 0 Å². The molecule has 0 heterocycles. The number of nitrogens with zero attached hydrogens (tertiary/aromatic N) is 1. The maximum absolute atomic E-state index is 11.9. The molecular formula is C18H18N4O2.